The summed E-state index contributed by atoms with van der Waals surface area (Å²) in [7, 11) is -1.41. The lowest BCUT2D eigenvalue weighted by Crippen LogP contribution is -2.40. The van der Waals surface area contributed by atoms with Crippen molar-refractivity contribution in [3.8, 4) is 0 Å². The largest absolute Gasteiger partial charge is 0.478 e. The van der Waals surface area contributed by atoms with Crippen LogP contribution in [0.15, 0.2) is 12.1 Å². The SMILES string of the molecule is CN(C)S(=O)(=O)NC(=O)c1c(Cl)cc(C(=O)O)cc1N1CC2CC2C1. The summed E-state index contributed by atoms with van der Waals surface area (Å²) in [4.78, 5) is 25.8. The lowest BCUT2D eigenvalue weighted by molar-refractivity contribution is 0.0696. The number of rotatable bonds is 5. The van der Waals surface area contributed by atoms with Crippen LogP contribution < -0.4 is 9.62 Å². The van der Waals surface area contributed by atoms with Gasteiger partial charge in [-0.05, 0) is 30.4 Å². The summed E-state index contributed by atoms with van der Waals surface area (Å²) in [5.74, 6) is -0.978. The fraction of sp³-hybridized carbons (Fsp3) is 0.467. The molecule has 1 amide bonds. The minimum Gasteiger partial charge on any atom is -0.478 e. The molecule has 136 valence electrons. The van der Waals surface area contributed by atoms with E-state index in [1.165, 1.54) is 20.2 Å². The van der Waals surface area contributed by atoms with Gasteiger partial charge in [-0.1, -0.05) is 11.6 Å². The van der Waals surface area contributed by atoms with E-state index in [0.29, 0.717) is 30.6 Å². The summed E-state index contributed by atoms with van der Waals surface area (Å²) >= 11 is 6.15. The second-order valence-corrected chi connectivity index (χ2v) is 8.83. The van der Waals surface area contributed by atoms with Gasteiger partial charge < -0.3 is 10.0 Å². The van der Waals surface area contributed by atoms with Crippen molar-refractivity contribution in [3.05, 3.63) is 28.3 Å². The molecule has 0 radical (unpaired) electrons. The Morgan fingerprint density at radius 3 is 2.40 bits per heavy atom. The number of carboxylic acid groups (broad SMARTS) is 1. The van der Waals surface area contributed by atoms with Crippen LogP contribution in [0.5, 0.6) is 0 Å². The highest BCUT2D eigenvalue weighted by Gasteiger charge is 2.46. The number of nitrogens with zero attached hydrogens (tertiary/aromatic N) is 2. The molecule has 2 aliphatic rings. The van der Waals surface area contributed by atoms with Crippen LogP contribution in [0, 0.1) is 11.8 Å². The third kappa shape index (κ3) is 3.44. The zero-order valence-corrected chi connectivity index (χ0v) is 15.3. The van der Waals surface area contributed by atoms with E-state index < -0.39 is 22.1 Å². The van der Waals surface area contributed by atoms with Gasteiger partial charge in [-0.2, -0.15) is 12.7 Å². The first-order valence-corrected chi connectivity index (χ1v) is 9.48. The molecule has 0 spiro atoms. The Kier molecular flexibility index (Phi) is 4.42. The van der Waals surface area contributed by atoms with Crippen molar-refractivity contribution in [1.82, 2.24) is 9.03 Å². The smallest absolute Gasteiger partial charge is 0.335 e. The molecule has 3 rings (SSSR count). The van der Waals surface area contributed by atoms with Crippen molar-refractivity contribution in [2.75, 3.05) is 32.1 Å². The lowest BCUT2D eigenvalue weighted by atomic mass is 10.1. The molecular weight excluding hydrogens is 370 g/mol. The van der Waals surface area contributed by atoms with Crippen LogP contribution in [0.2, 0.25) is 5.02 Å². The molecule has 1 saturated heterocycles. The Labute approximate surface area is 150 Å². The predicted octanol–water partition coefficient (Wildman–Crippen LogP) is 1.03. The topological polar surface area (TPSA) is 107 Å². The first kappa shape index (κ1) is 18.0. The number of hydrogen-bond donors (Lipinski definition) is 2. The number of hydrogen-bond acceptors (Lipinski definition) is 5. The Hall–Kier alpha value is -1.84. The van der Waals surface area contributed by atoms with Gasteiger partial charge >= 0.3 is 16.2 Å². The third-order valence-corrected chi connectivity index (χ3v) is 6.27. The predicted molar refractivity (Wildman–Crippen MR) is 92.3 cm³/mol. The van der Waals surface area contributed by atoms with Crippen molar-refractivity contribution < 1.29 is 23.1 Å². The quantitative estimate of drug-likeness (QED) is 0.781. The number of halogens is 1. The molecular formula is C15H18ClN3O5S. The second kappa shape index (κ2) is 6.15. The zero-order chi connectivity index (χ0) is 18.5. The maximum Gasteiger partial charge on any atom is 0.335 e. The van der Waals surface area contributed by atoms with Crippen molar-refractivity contribution in [3.63, 3.8) is 0 Å². The van der Waals surface area contributed by atoms with Crippen LogP contribution in [0.3, 0.4) is 0 Å². The van der Waals surface area contributed by atoms with Crippen LogP contribution in [0.1, 0.15) is 27.1 Å². The fourth-order valence-electron chi connectivity index (χ4n) is 3.04. The first-order chi connectivity index (χ1) is 11.6. The maximum absolute atomic E-state index is 12.6. The molecule has 25 heavy (non-hydrogen) atoms. The van der Waals surface area contributed by atoms with E-state index in [4.69, 9.17) is 11.6 Å². The standard InChI is InChI=1S/C15H18ClN3O5S/c1-18(2)25(23,24)17-14(20)13-11(16)4-8(15(21)22)5-12(13)19-6-9-3-10(9)7-19/h4-5,9-10H,3,6-7H2,1-2H3,(H,17,20)(H,21,22). The highest BCUT2D eigenvalue weighted by molar-refractivity contribution is 7.87. The molecule has 2 fully saturated rings. The summed E-state index contributed by atoms with van der Waals surface area (Å²) in [6.45, 7) is 1.40. The number of aromatic carboxylic acids is 1. The van der Waals surface area contributed by atoms with Gasteiger partial charge in [-0.3, -0.25) is 4.79 Å². The molecule has 1 heterocycles. The molecule has 10 heteroatoms. The van der Waals surface area contributed by atoms with Crippen LogP contribution in [-0.2, 0) is 10.2 Å². The van der Waals surface area contributed by atoms with E-state index in [-0.39, 0.29) is 16.1 Å². The highest BCUT2D eigenvalue weighted by Crippen LogP contribution is 2.47. The fourth-order valence-corrected chi connectivity index (χ4v) is 3.86. The summed E-state index contributed by atoms with van der Waals surface area (Å²) in [6, 6.07) is 2.53. The Bertz CT molecular complexity index is 845. The van der Waals surface area contributed by atoms with Gasteiger partial charge in [0.2, 0.25) is 0 Å². The number of fused-ring (bicyclic) bond motifs is 1. The van der Waals surface area contributed by atoms with E-state index >= 15 is 0 Å². The van der Waals surface area contributed by atoms with E-state index in [0.717, 1.165) is 16.8 Å². The molecule has 1 aromatic rings. The molecule has 1 aliphatic carbocycles. The number of carboxylic acids is 1. The number of nitrogens with one attached hydrogen (secondary N) is 1. The number of amides is 1. The summed E-state index contributed by atoms with van der Waals surface area (Å²) in [5.41, 5.74) is 0.273. The van der Waals surface area contributed by atoms with Gasteiger partial charge in [-0.15, -0.1) is 0 Å². The molecule has 2 N–H and O–H groups in total. The highest BCUT2D eigenvalue weighted by atomic mass is 35.5. The average Bonchev–Trinajstić information content (AvgIpc) is 3.11. The number of piperidine rings is 1. The number of carbonyl (C=O) groups excluding carboxylic acids is 1. The van der Waals surface area contributed by atoms with Crippen LogP contribution in [-0.4, -0.2) is 56.9 Å². The molecule has 0 aromatic heterocycles. The van der Waals surface area contributed by atoms with Crippen LogP contribution in [0.25, 0.3) is 0 Å². The second-order valence-electron chi connectivity index (χ2n) is 6.54. The molecule has 1 saturated carbocycles. The van der Waals surface area contributed by atoms with Gasteiger partial charge in [0.05, 0.1) is 21.8 Å². The number of benzene rings is 1. The summed E-state index contributed by atoms with van der Waals surface area (Å²) < 4.78 is 26.7. The molecule has 2 atom stereocenters. The van der Waals surface area contributed by atoms with Gasteiger partial charge in [0.1, 0.15) is 0 Å². The monoisotopic (exact) mass is 387 g/mol. The Morgan fingerprint density at radius 2 is 1.88 bits per heavy atom. The van der Waals surface area contributed by atoms with E-state index in [1.54, 1.807) is 0 Å². The van der Waals surface area contributed by atoms with Gasteiger partial charge in [0, 0.05) is 27.2 Å². The average molecular weight is 388 g/mol. The minimum absolute atomic E-state index is 0.0293. The molecule has 1 aromatic carbocycles. The van der Waals surface area contributed by atoms with Crippen LogP contribution in [0.4, 0.5) is 5.69 Å². The van der Waals surface area contributed by atoms with Gasteiger partial charge in [-0.25, -0.2) is 9.52 Å². The molecule has 0 bridgehead atoms. The first-order valence-electron chi connectivity index (χ1n) is 7.66. The number of carbonyl (C=O) groups is 2. The Morgan fingerprint density at radius 1 is 1.28 bits per heavy atom. The molecule has 8 nitrogen and oxygen atoms in total. The van der Waals surface area contributed by atoms with Gasteiger partial charge in [0.25, 0.3) is 5.91 Å². The van der Waals surface area contributed by atoms with E-state index in [1.807, 2.05) is 9.62 Å². The van der Waals surface area contributed by atoms with Crippen molar-refractivity contribution >= 4 is 39.4 Å². The van der Waals surface area contributed by atoms with Crippen molar-refractivity contribution in [2.45, 2.75) is 6.42 Å². The van der Waals surface area contributed by atoms with Gasteiger partial charge in [0.15, 0.2) is 0 Å². The summed E-state index contributed by atoms with van der Waals surface area (Å²) in [5, 5.41) is 9.15. The Balaban J connectivity index is 2.02. The summed E-state index contributed by atoms with van der Waals surface area (Å²) in [6.07, 6.45) is 1.12. The van der Waals surface area contributed by atoms with Crippen LogP contribution >= 0.6 is 11.6 Å². The molecule has 1 aliphatic heterocycles. The van der Waals surface area contributed by atoms with E-state index in [2.05, 4.69) is 0 Å². The van der Waals surface area contributed by atoms with Crippen molar-refractivity contribution in [1.29, 1.82) is 0 Å². The zero-order valence-electron chi connectivity index (χ0n) is 13.7. The number of anilines is 1. The maximum atomic E-state index is 12.6. The third-order valence-electron chi connectivity index (χ3n) is 4.57. The van der Waals surface area contributed by atoms with Crippen molar-refractivity contribution in [2.24, 2.45) is 11.8 Å². The lowest BCUT2D eigenvalue weighted by Gasteiger charge is -2.24. The minimum atomic E-state index is -3.99. The molecule has 2 unspecified atom stereocenters. The van der Waals surface area contributed by atoms with E-state index in [9.17, 15) is 23.1 Å². The normalized spacial score (nSPS) is 22.0.